The van der Waals surface area contributed by atoms with Gasteiger partial charge in [0.2, 0.25) is 5.88 Å². The van der Waals surface area contributed by atoms with Gasteiger partial charge in [-0.3, -0.25) is 0 Å². The molecule has 16 heavy (non-hydrogen) atoms. The van der Waals surface area contributed by atoms with Gasteiger partial charge >= 0.3 is 0 Å². The summed E-state index contributed by atoms with van der Waals surface area (Å²) in [7, 11) is 0. The highest BCUT2D eigenvalue weighted by Gasteiger charge is 2.06. The van der Waals surface area contributed by atoms with Gasteiger partial charge in [0.05, 0.1) is 12.2 Å². The SMILES string of the molecule is CC(C)CCCOc1nccc(C#N)c1N. The van der Waals surface area contributed by atoms with E-state index < -0.39 is 0 Å². The van der Waals surface area contributed by atoms with Crippen LogP contribution in [0.25, 0.3) is 0 Å². The number of nitrogens with two attached hydrogens (primary N) is 1. The highest BCUT2D eigenvalue weighted by molar-refractivity contribution is 5.59. The minimum Gasteiger partial charge on any atom is -0.476 e. The van der Waals surface area contributed by atoms with Gasteiger partial charge in [-0.15, -0.1) is 0 Å². The Morgan fingerprint density at radius 3 is 2.94 bits per heavy atom. The van der Waals surface area contributed by atoms with E-state index in [1.807, 2.05) is 6.07 Å². The quantitative estimate of drug-likeness (QED) is 0.771. The monoisotopic (exact) mass is 219 g/mol. The van der Waals surface area contributed by atoms with E-state index in [0.29, 0.717) is 29.7 Å². The van der Waals surface area contributed by atoms with Crippen molar-refractivity contribution in [3.05, 3.63) is 17.8 Å². The Kier molecular flexibility index (Phi) is 4.59. The maximum absolute atomic E-state index is 8.77. The van der Waals surface area contributed by atoms with Gasteiger partial charge in [0.15, 0.2) is 0 Å². The van der Waals surface area contributed by atoms with Gasteiger partial charge in [0.25, 0.3) is 0 Å². The molecule has 0 unspecified atom stereocenters. The Bertz CT molecular complexity index is 382. The van der Waals surface area contributed by atoms with E-state index in [0.717, 1.165) is 12.8 Å². The first-order valence-electron chi connectivity index (χ1n) is 5.42. The molecule has 0 aliphatic rings. The van der Waals surface area contributed by atoms with Crippen LogP contribution in [-0.4, -0.2) is 11.6 Å². The van der Waals surface area contributed by atoms with Crippen LogP contribution in [0.2, 0.25) is 0 Å². The van der Waals surface area contributed by atoms with Crippen LogP contribution in [0, 0.1) is 17.2 Å². The molecular weight excluding hydrogens is 202 g/mol. The maximum Gasteiger partial charge on any atom is 0.238 e. The van der Waals surface area contributed by atoms with E-state index >= 15 is 0 Å². The fraction of sp³-hybridized carbons (Fsp3) is 0.500. The van der Waals surface area contributed by atoms with Crippen molar-refractivity contribution >= 4 is 5.69 Å². The van der Waals surface area contributed by atoms with Gasteiger partial charge in [-0.2, -0.15) is 5.26 Å². The second-order valence-corrected chi connectivity index (χ2v) is 4.07. The summed E-state index contributed by atoms with van der Waals surface area (Å²) in [4.78, 5) is 4.01. The fourth-order valence-corrected chi connectivity index (χ4v) is 1.33. The number of nitrogen functional groups attached to an aromatic ring is 1. The lowest BCUT2D eigenvalue weighted by Gasteiger charge is -2.09. The number of anilines is 1. The molecule has 4 heteroatoms. The third-order valence-corrected chi connectivity index (χ3v) is 2.24. The average Bonchev–Trinajstić information content (AvgIpc) is 2.26. The van der Waals surface area contributed by atoms with Crippen LogP contribution in [0.3, 0.4) is 0 Å². The van der Waals surface area contributed by atoms with Crippen molar-refractivity contribution < 1.29 is 4.74 Å². The molecule has 0 atom stereocenters. The molecule has 0 amide bonds. The first-order chi connectivity index (χ1) is 7.65. The largest absolute Gasteiger partial charge is 0.476 e. The number of aromatic nitrogens is 1. The molecule has 0 spiro atoms. The molecule has 0 bridgehead atoms. The third-order valence-electron chi connectivity index (χ3n) is 2.24. The molecular formula is C12H17N3O. The number of rotatable bonds is 5. The highest BCUT2D eigenvalue weighted by Crippen LogP contribution is 2.21. The fourth-order valence-electron chi connectivity index (χ4n) is 1.33. The topological polar surface area (TPSA) is 71.9 Å². The molecule has 0 fully saturated rings. The van der Waals surface area contributed by atoms with E-state index in [-0.39, 0.29) is 0 Å². The molecule has 0 saturated carbocycles. The van der Waals surface area contributed by atoms with Crippen LogP contribution in [0.5, 0.6) is 5.88 Å². The molecule has 0 aliphatic heterocycles. The zero-order valence-electron chi connectivity index (χ0n) is 9.73. The zero-order valence-corrected chi connectivity index (χ0v) is 9.73. The van der Waals surface area contributed by atoms with E-state index in [4.69, 9.17) is 15.7 Å². The Labute approximate surface area is 96.1 Å². The summed E-state index contributed by atoms with van der Waals surface area (Å²) in [6, 6.07) is 3.58. The van der Waals surface area contributed by atoms with Crippen molar-refractivity contribution in [2.45, 2.75) is 26.7 Å². The van der Waals surface area contributed by atoms with Crippen LogP contribution in [-0.2, 0) is 0 Å². The Balaban J connectivity index is 2.52. The number of nitrogens with zero attached hydrogens (tertiary/aromatic N) is 2. The van der Waals surface area contributed by atoms with Crippen LogP contribution >= 0.6 is 0 Å². The molecule has 1 rings (SSSR count). The number of hydrogen-bond acceptors (Lipinski definition) is 4. The van der Waals surface area contributed by atoms with Crippen LogP contribution in [0.15, 0.2) is 12.3 Å². The van der Waals surface area contributed by atoms with Crippen molar-refractivity contribution in [1.82, 2.24) is 4.98 Å². The normalized spacial score (nSPS) is 10.1. The smallest absolute Gasteiger partial charge is 0.238 e. The molecule has 0 radical (unpaired) electrons. The molecule has 1 aromatic rings. The first kappa shape index (κ1) is 12.3. The number of hydrogen-bond donors (Lipinski definition) is 1. The lowest BCUT2D eigenvalue weighted by atomic mass is 10.1. The van der Waals surface area contributed by atoms with Gasteiger partial charge in [-0.1, -0.05) is 13.8 Å². The zero-order chi connectivity index (χ0) is 12.0. The second-order valence-electron chi connectivity index (χ2n) is 4.07. The van der Waals surface area contributed by atoms with Gasteiger partial charge in [0, 0.05) is 6.20 Å². The van der Waals surface area contributed by atoms with E-state index in [1.165, 1.54) is 6.20 Å². The minimum absolute atomic E-state index is 0.328. The summed E-state index contributed by atoms with van der Waals surface area (Å²) in [5.74, 6) is 1.03. The summed E-state index contributed by atoms with van der Waals surface area (Å²) in [6.07, 6.45) is 3.61. The molecule has 1 aromatic heterocycles. The number of pyridine rings is 1. The highest BCUT2D eigenvalue weighted by atomic mass is 16.5. The van der Waals surface area contributed by atoms with Crippen molar-refractivity contribution in [1.29, 1.82) is 5.26 Å². The molecule has 0 saturated heterocycles. The molecule has 2 N–H and O–H groups in total. The molecule has 4 nitrogen and oxygen atoms in total. The van der Waals surface area contributed by atoms with Gasteiger partial charge in [0.1, 0.15) is 11.8 Å². The third kappa shape index (κ3) is 3.43. The summed E-state index contributed by atoms with van der Waals surface area (Å²) in [6.45, 7) is 4.93. The van der Waals surface area contributed by atoms with Crippen molar-refractivity contribution in [3.8, 4) is 11.9 Å². The van der Waals surface area contributed by atoms with E-state index in [9.17, 15) is 0 Å². The molecule has 86 valence electrons. The predicted octanol–water partition coefficient (Wildman–Crippen LogP) is 2.35. The summed E-state index contributed by atoms with van der Waals surface area (Å²) in [5, 5.41) is 8.77. The Morgan fingerprint density at radius 1 is 1.56 bits per heavy atom. The van der Waals surface area contributed by atoms with E-state index in [1.54, 1.807) is 6.07 Å². The van der Waals surface area contributed by atoms with Crippen molar-refractivity contribution in [3.63, 3.8) is 0 Å². The first-order valence-corrected chi connectivity index (χ1v) is 5.42. The maximum atomic E-state index is 8.77. The Morgan fingerprint density at radius 2 is 2.31 bits per heavy atom. The molecule has 0 aliphatic carbocycles. The Hall–Kier alpha value is -1.76. The predicted molar refractivity (Wildman–Crippen MR) is 62.9 cm³/mol. The van der Waals surface area contributed by atoms with Crippen LogP contribution in [0.4, 0.5) is 5.69 Å². The summed E-state index contributed by atoms with van der Waals surface area (Å²) < 4.78 is 5.44. The van der Waals surface area contributed by atoms with Crippen molar-refractivity contribution in [2.24, 2.45) is 5.92 Å². The average molecular weight is 219 g/mol. The summed E-state index contributed by atoms with van der Waals surface area (Å²) in [5.41, 5.74) is 6.47. The summed E-state index contributed by atoms with van der Waals surface area (Å²) >= 11 is 0. The molecule has 0 aromatic carbocycles. The minimum atomic E-state index is 0.328. The number of nitriles is 1. The van der Waals surface area contributed by atoms with Crippen molar-refractivity contribution in [2.75, 3.05) is 12.3 Å². The standard InChI is InChI=1S/C12H17N3O/c1-9(2)4-3-7-16-12-11(14)10(8-13)5-6-15-12/h5-6,9H,3-4,7,14H2,1-2H3. The van der Waals surface area contributed by atoms with Crippen LogP contribution in [0.1, 0.15) is 32.3 Å². The van der Waals surface area contributed by atoms with Gasteiger partial charge < -0.3 is 10.5 Å². The van der Waals surface area contributed by atoms with Crippen LogP contribution < -0.4 is 10.5 Å². The van der Waals surface area contributed by atoms with Gasteiger partial charge in [-0.25, -0.2) is 4.98 Å². The lowest BCUT2D eigenvalue weighted by molar-refractivity contribution is 0.289. The van der Waals surface area contributed by atoms with Gasteiger partial charge in [-0.05, 0) is 24.8 Å². The lowest BCUT2D eigenvalue weighted by Crippen LogP contribution is -2.04. The second kappa shape index (κ2) is 5.96. The molecule has 1 heterocycles. The van der Waals surface area contributed by atoms with E-state index in [2.05, 4.69) is 18.8 Å². The number of ether oxygens (including phenoxy) is 1.